The molecule has 2 rings (SSSR count). The predicted molar refractivity (Wildman–Crippen MR) is 42.0 cm³/mol. The number of nitrogens with zero attached hydrogens (tertiary/aromatic N) is 1. The Hall–Kier alpha value is -0.0800. The molecule has 2 unspecified atom stereocenters. The van der Waals surface area contributed by atoms with Crippen molar-refractivity contribution < 1.29 is 0 Å². The molecule has 2 fully saturated rings. The molecule has 0 bridgehead atoms. The van der Waals surface area contributed by atoms with Gasteiger partial charge in [0.1, 0.15) is 0 Å². The summed E-state index contributed by atoms with van der Waals surface area (Å²) in [6, 6.07) is 0.878. The first-order chi connectivity index (χ1) is 4.90. The first-order valence-electron chi connectivity index (χ1n) is 4.36. The molecule has 10 heavy (non-hydrogen) atoms. The molecule has 2 aliphatic rings. The van der Waals surface area contributed by atoms with Gasteiger partial charge >= 0.3 is 0 Å². The summed E-state index contributed by atoms with van der Waals surface area (Å²) in [5.74, 6) is 0.980. The molecule has 0 aromatic heterocycles. The summed E-state index contributed by atoms with van der Waals surface area (Å²) in [4.78, 5) is 2.56. The van der Waals surface area contributed by atoms with Crippen molar-refractivity contribution in [2.24, 2.45) is 5.92 Å². The zero-order valence-corrected chi connectivity index (χ0v) is 6.64. The molecule has 0 spiro atoms. The molecule has 2 saturated heterocycles. The van der Waals surface area contributed by atoms with Crippen LogP contribution in [-0.2, 0) is 0 Å². The van der Waals surface area contributed by atoms with E-state index < -0.39 is 0 Å². The van der Waals surface area contributed by atoms with Crippen molar-refractivity contribution in [1.82, 2.24) is 10.2 Å². The number of fused-ring (bicyclic) bond motifs is 1. The summed E-state index contributed by atoms with van der Waals surface area (Å²) >= 11 is 0. The van der Waals surface area contributed by atoms with Crippen LogP contribution in [0.2, 0.25) is 0 Å². The Morgan fingerprint density at radius 3 is 3.00 bits per heavy atom. The Balaban J connectivity index is 1.86. The smallest absolute Gasteiger partial charge is 0.0132 e. The Bertz CT molecular complexity index is 122. The average molecular weight is 140 g/mol. The van der Waals surface area contributed by atoms with E-state index in [1.807, 2.05) is 0 Å². The zero-order valence-electron chi connectivity index (χ0n) is 6.64. The lowest BCUT2D eigenvalue weighted by molar-refractivity contribution is 0.0871. The van der Waals surface area contributed by atoms with Crippen LogP contribution < -0.4 is 5.32 Å². The minimum Gasteiger partial charge on any atom is -0.313 e. The molecule has 0 aromatic rings. The van der Waals surface area contributed by atoms with E-state index in [0.29, 0.717) is 0 Å². The third-order valence-electron chi connectivity index (χ3n) is 2.91. The van der Waals surface area contributed by atoms with Crippen LogP contribution in [0.3, 0.4) is 0 Å². The number of likely N-dealkylation sites (tertiary alicyclic amines) is 1. The van der Waals surface area contributed by atoms with Crippen LogP contribution in [-0.4, -0.2) is 37.1 Å². The molecule has 0 aliphatic carbocycles. The van der Waals surface area contributed by atoms with Crippen molar-refractivity contribution in [2.45, 2.75) is 19.4 Å². The summed E-state index contributed by atoms with van der Waals surface area (Å²) in [6.45, 7) is 7.41. The van der Waals surface area contributed by atoms with Crippen LogP contribution in [0.15, 0.2) is 0 Å². The highest BCUT2D eigenvalue weighted by atomic mass is 15.2. The van der Waals surface area contributed by atoms with E-state index in [1.165, 1.54) is 32.6 Å². The van der Waals surface area contributed by atoms with Crippen LogP contribution in [0.4, 0.5) is 0 Å². The van der Waals surface area contributed by atoms with Gasteiger partial charge in [-0.25, -0.2) is 0 Å². The predicted octanol–water partition coefficient (Wildman–Crippen LogP) is 0.300. The first-order valence-corrected chi connectivity index (χ1v) is 4.36. The van der Waals surface area contributed by atoms with Crippen LogP contribution in [0.1, 0.15) is 13.3 Å². The normalized spacial score (nSPS) is 40.5. The van der Waals surface area contributed by atoms with Crippen molar-refractivity contribution in [1.29, 1.82) is 0 Å². The molecular formula is C8H16N2. The minimum absolute atomic E-state index is 0.878. The van der Waals surface area contributed by atoms with Crippen molar-refractivity contribution in [2.75, 3.05) is 26.2 Å². The number of hydrogen-bond donors (Lipinski definition) is 1. The van der Waals surface area contributed by atoms with Gasteiger partial charge in [0.2, 0.25) is 0 Å². The molecule has 0 saturated carbocycles. The largest absolute Gasteiger partial charge is 0.313 e. The maximum absolute atomic E-state index is 3.47. The summed E-state index contributed by atoms with van der Waals surface area (Å²) < 4.78 is 0. The van der Waals surface area contributed by atoms with E-state index in [0.717, 1.165) is 12.0 Å². The molecule has 2 atom stereocenters. The fourth-order valence-corrected chi connectivity index (χ4v) is 2.01. The molecule has 0 amide bonds. The van der Waals surface area contributed by atoms with E-state index in [2.05, 4.69) is 17.1 Å². The Kier molecular flexibility index (Phi) is 1.66. The van der Waals surface area contributed by atoms with Gasteiger partial charge in [0.25, 0.3) is 0 Å². The third-order valence-corrected chi connectivity index (χ3v) is 2.91. The number of piperidine rings is 1. The van der Waals surface area contributed by atoms with E-state index >= 15 is 0 Å². The van der Waals surface area contributed by atoms with E-state index in [1.54, 1.807) is 0 Å². The molecule has 2 heterocycles. The van der Waals surface area contributed by atoms with Gasteiger partial charge in [-0.05, 0) is 25.4 Å². The molecule has 2 aliphatic heterocycles. The highest BCUT2D eigenvalue weighted by Crippen LogP contribution is 2.22. The van der Waals surface area contributed by atoms with E-state index in [9.17, 15) is 0 Å². The van der Waals surface area contributed by atoms with Gasteiger partial charge in [0.05, 0.1) is 0 Å². The lowest BCUT2D eigenvalue weighted by Crippen LogP contribution is -2.61. The lowest BCUT2D eigenvalue weighted by Gasteiger charge is -2.46. The summed E-state index contributed by atoms with van der Waals surface area (Å²) in [7, 11) is 0. The van der Waals surface area contributed by atoms with Crippen molar-refractivity contribution in [3.63, 3.8) is 0 Å². The summed E-state index contributed by atoms with van der Waals surface area (Å²) in [5.41, 5.74) is 0. The quantitative estimate of drug-likeness (QED) is 0.563. The first kappa shape index (κ1) is 6.62. The second-order valence-electron chi connectivity index (χ2n) is 3.46. The van der Waals surface area contributed by atoms with Gasteiger partial charge in [0.15, 0.2) is 0 Å². The van der Waals surface area contributed by atoms with Crippen molar-refractivity contribution >= 4 is 0 Å². The highest BCUT2D eigenvalue weighted by molar-refractivity contribution is 4.93. The Morgan fingerprint density at radius 2 is 2.50 bits per heavy atom. The van der Waals surface area contributed by atoms with Gasteiger partial charge in [0, 0.05) is 19.1 Å². The number of nitrogens with one attached hydrogen (secondary N) is 1. The molecule has 0 aromatic carbocycles. The standard InChI is InChI=1S/C8H16N2/c1-2-10-4-3-8-7(6-10)5-9-8/h7-9H,2-6H2,1H3. The van der Waals surface area contributed by atoms with Crippen molar-refractivity contribution in [3.8, 4) is 0 Å². The van der Waals surface area contributed by atoms with E-state index in [4.69, 9.17) is 0 Å². The van der Waals surface area contributed by atoms with Crippen LogP contribution in [0, 0.1) is 5.92 Å². The molecular weight excluding hydrogens is 124 g/mol. The molecule has 58 valence electrons. The maximum Gasteiger partial charge on any atom is 0.0132 e. The van der Waals surface area contributed by atoms with Gasteiger partial charge < -0.3 is 10.2 Å². The maximum atomic E-state index is 3.47. The number of rotatable bonds is 1. The summed E-state index contributed by atoms with van der Waals surface area (Å²) in [5, 5.41) is 3.47. The van der Waals surface area contributed by atoms with Crippen LogP contribution in [0.5, 0.6) is 0 Å². The highest BCUT2D eigenvalue weighted by Gasteiger charge is 2.34. The average Bonchev–Trinajstić information content (AvgIpc) is 1.92. The van der Waals surface area contributed by atoms with Crippen LogP contribution >= 0.6 is 0 Å². The molecule has 2 heteroatoms. The second-order valence-corrected chi connectivity index (χ2v) is 3.46. The van der Waals surface area contributed by atoms with Gasteiger partial charge in [-0.2, -0.15) is 0 Å². The summed E-state index contributed by atoms with van der Waals surface area (Å²) in [6.07, 6.45) is 1.37. The SMILES string of the molecule is CCN1CCC2NCC2C1. The van der Waals surface area contributed by atoms with Crippen LogP contribution in [0.25, 0.3) is 0 Å². The van der Waals surface area contributed by atoms with Gasteiger partial charge in [-0.3, -0.25) is 0 Å². The molecule has 1 N–H and O–H groups in total. The second kappa shape index (κ2) is 2.51. The zero-order chi connectivity index (χ0) is 6.97. The fraction of sp³-hybridized carbons (Fsp3) is 1.00. The molecule has 0 radical (unpaired) electrons. The third kappa shape index (κ3) is 0.956. The van der Waals surface area contributed by atoms with Gasteiger partial charge in [-0.1, -0.05) is 6.92 Å². The Morgan fingerprint density at radius 1 is 1.60 bits per heavy atom. The number of hydrogen-bond acceptors (Lipinski definition) is 2. The monoisotopic (exact) mass is 140 g/mol. The van der Waals surface area contributed by atoms with Crippen molar-refractivity contribution in [3.05, 3.63) is 0 Å². The van der Waals surface area contributed by atoms with Gasteiger partial charge in [-0.15, -0.1) is 0 Å². The minimum atomic E-state index is 0.878. The lowest BCUT2D eigenvalue weighted by atomic mass is 9.85. The molecule has 2 nitrogen and oxygen atoms in total. The Labute approximate surface area is 62.6 Å². The topological polar surface area (TPSA) is 15.3 Å². The van der Waals surface area contributed by atoms with E-state index in [-0.39, 0.29) is 0 Å². The fourth-order valence-electron chi connectivity index (χ4n) is 2.01.